The SMILES string of the molecule is CCc1ccc(N=C2NC(=O)/C(=C/c3cc(C)n(-c4cccnc4)c3C)S2)cc1. The number of aromatic nitrogens is 2. The number of hydrogen-bond acceptors (Lipinski definition) is 4. The lowest BCUT2D eigenvalue weighted by Crippen LogP contribution is -2.19. The lowest BCUT2D eigenvalue weighted by atomic mass is 10.2. The number of carbonyl (C=O) groups excluding carboxylic acids is 1. The Labute approximate surface area is 174 Å². The van der Waals surface area contributed by atoms with Gasteiger partial charge in [-0.2, -0.15) is 0 Å². The second-order valence-corrected chi connectivity index (χ2v) is 7.91. The molecule has 0 radical (unpaired) electrons. The Balaban J connectivity index is 1.60. The zero-order valence-corrected chi connectivity index (χ0v) is 17.5. The predicted octanol–water partition coefficient (Wildman–Crippen LogP) is 4.94. The molecule has 0 unspecified atom stereocenters. The van der Waals surface area contributed by atoms with Crippen molar-refractivity contribution in [2.75, 3.05) is 0 Å². The van der Waals surface area contributed by atoms with Crippen molar-refractivity contribution < 1.29 is 4.79 Å². The van der Waals surface area contributed by atoms with E-state index in [2.05, 4.69) is 51.9 Å². The van der Waals surface area contributed by atoms with Crippen molar-refractivity contribution in [3.8, 4) is 5.69 Å². The first kappa shape index (κ1) is 19.2. The van der Waals surface area contributed by atoms with Crippen molar-refractivity contribution in [3.63, 3.8) is 0 Å². The van der Waals surface area contributed by atoms with Gasteiger partial charge in [0.15, 0.2) is 5.17 Å². The molecule has 146 valence electrons. The fourth-order valence-corrected chi connectivity index (χ4v) is 4.19. The van der Waals surface area contributed by atoms with Crippen molar-refractivity contribution in [1.29, 1.82) is 0 Å². The summed E-state index contributed by atoms with van der Waals surface area (Å²) in [7, 11) is 0. The molecule has 1 saturated heterocycles. The summed E-state index contributed by atoms with van der Waals surface area (Å²) >= 11 is 1.37. The minimum Gasteiger partial charge on any atom is -0.316 e. The first-order chi connectivity index (χ1) is 14.0. The van der Waals surface area contributed by atoms with Crippen LogP contribution in [0.5, 0.6) is 0 Å². The molecule has 6 heteroatoms. The molecular formula is C23H22N4OS. The Hall–Kier alpha value is -3.12. The average Bonchev–Trinajstić information content (AvgIpc) is 3.21. The Bertz CT molecular complexity index is 1110. The summed E-state index contributed by atoms with van der Waals surface area (Å²) in [6, 6.07) is 14.1. The second-order valence-electron chi connectivity index (χ2n) is 6.87. The molecule has 5 nitrogen and oxygen atoms in total. The number of aliphatic imine (C=N–C) groups is 1. The topological polar surface area (TPSA) is 59.3 Å². The molecule has 2 aromatic heterocycles. The fourth-order valence-electron chi connectivity index (χ4n) is 3.36. The Kier molecular flexibility index (Phi) is 5.36. The summed E-state index contributed by atoms with van der Waals surface area (Å²) in [5, 5.41) is 3.47. The number of amidine groups is 1. The molecule has 1 amide bonds. The number of thioether (sulfide) groups is 1. The lowest BCUT2D eigenvalue weighted by molar-refractivity contribution is -0.115. The molecule has 3 aromatic rings. The number of nitrogens with zero attached hydrogens (tertiary/aromatic N) is 3. The molecule has 0 bridgehead atoms. The zero-order chi connectivity index (χ0) is 20.4. The van der Waals surface area contributed by atoms with Crippen LogP contribution in [0.3, 0.4) is 0 Å². The number of hydrogen-bond donors (Lipinski definition) is 1. The predicted molar refractivity (Wildman–Crippen MR) is 120 cm³/mol. The number of pyridine rings is 1. The Morgan fingerprint density at radius 2 is 2.00 bits per heavy atom. The van der Waals surface area contributed by atoms with Gasteiger partial charge >= 0.3 is 0 Å². The number of benzene rings is 1. The minimum atomic E-state index is -0.120. The van der Waals surface area contributed by atoms with Crippen LogP contribution in [0.15, 0.2) is 64.8 Å². The van der Waals surface area contributed by atoms with Gasteiger partial charge in [-0.3, -0.25) is 9.78 Å². The summed E-state index contributed by atoms with van der Waals surface area (Å²) in [5.41, 5.74) is 6.28. The van der Waals surface area contributed by atoms with Gasteiger partial charge in [-0.15, -0.1) is 0 Å². The fraction of sp³-hybridized carbons (Fsp3) is 0.174. The number of nitrogens with one attached hydrogen (secondary N) is 1. The quantitative estimate of drug-likeness (QED) is 0.629. The smallest absolute Gasteiger partial charge is 0.264 e. The van der Waals surface area contributed by atoms with E-state index in [0.717, 1.165) is 34.7 Å². The van der Waals surface area contributed by atoms with E-state index in [1.165, 1.54) is 17.3 Å². The van der Waals surface area contributed by atoms with Crippen molar-refractivity contribution in [1.82, 2.24) is 14.9 Å². The standard InChI is InChI=1S/C23H22N4OS/c1-4-17-7-9-19(10-8-17)25-23-26-22(28)21(29-23)13-18-12-15(2)27(16(18)3)20-6-5-11-24-14-20/h5-14H,4H2,1-3H3,(H,25,26,28)/b21-13-. The first-order valence-electron chi connectivity index (χ1n) is 9.53. The van der Waals surface area contributed by atoms with Gasteiger partial charge in [0.05, 0.1) is 22.5 Å². The third-order valence-electron chi connectivity index (χ3n) is 4.89. The van der Waals surface area contributed by atoms with Gasteiger partial charge in [0.1, 0.15) is 0 Å². The van der Waals surface area contributed by atoms with Gasteiger partial charge < -0.3 is 9.88 Å². The average molecular weight is 403 g/mol. The van der Waals surface area contributed by atoms with Crippen molar-refractivity contribution in [2.24, 2.45) is 4.99 Å². The molecule has 1 aromatic carbocycles. The van der Waals surface area contributed by atoms with E-state index in [9.17, 15) is 4.79 Å². The van der Waals surface area contributed by atoms with E-state index in [4.69, 9.17) is 0 Å². The molecule has 0 saturated carbocycles. The zero-order valence-electron chi connectivity index (χ0n) is 16.6. The van der Waals surface area contributed by atoms with E-state index in [1.54, 1.807) is 6.20 Å². The molecule has 0 aliphatic carbocycles. The number of carbonyl (C=O) groups is 1. The summed E-state index contributed by atoms with van der Waals surface area (Å²) in [4.78, 5) is 21.9. The van der Waals surface area contributed by atoms with Gasteiger partial charge in [0.2, 0.25) is 0 Å². The Morgan fingerprint density at radius 3 is 2.69 bits per heavy atom. The van der Waals surface area contributed by atoms with Crippen LogP contribution >= 0.6 is 11.8 Å². The largest absolute Gasteiger partial charge is 0.316 e. The normalized spacial score (nSPS) is 16.6. The maximum atomic E-state index is 12.5. The van der Waals surface area contributed by atoms with Crippen LogP contribution in [0.2, 0.25) is 0 Å². The summed E-state index contributed by atoms with van der Waals surface area (Å²) in [6.45, 7) is 6.22. The molecule has 1 aliphatic heterocycles. The number of rotatable bonds is 4. The highest BCUT2D eigenvalue weighted by molar-refractivity contribution is 8.18. The van der Waals surface area contributed by atoms with Crippen LogP contribution in [0.1, 0.15) is 29.4 Å². The third kappa shape index (κ3) is 4.03. The van der Waals surface area contributed by atoms with Crippen LogP contribution in [0.25, 0.3) is 11.8 Å². The van der Waals surface area contributed by atoms with Gasteiger partial charge in [-0.1, -0.05) is 19.1 Å². The van der Waals surface area contributed by atoms with E-state index in [-0.39, 0.29) is 5.91 Å². The van der Waals surface area contributed by atoms with Crippen LogP contribution < -0.4 is 5.32 Å². The highest BCUT2D eigenvalue weighted by Gasteiger charge is 2.24. The summed E-state index contributed by atoms with van der Waals surface area (Å²) < 4.78 is 2.14. The molecule has 1 fully saturated rings. The lowest BCUT2D eigenvalue weighted by Gasteiger charge is -2.08. The maximum Gasteiger partial charge on any atom is 0.264 e. The third-order valence-corrected chi connectivity index (χ3v) is 5.80. The van der Waals surface area contributed by atoms with Crippen LogP contribution in [0, 0.1) is 13.8 Å². The monoisotopic (exact) mass is 402 g/mol. The highest BCUT2D eigenvalue weighted by atomic mass is 32.2. The molecule has 0 spiro atoms. The number of amides is 1. The van der Waals surface area contributed by atoms with Gasteiger partial charge in [0, 0.05) is 17.6 Å². The van der Waals surface area contributed by atoms with Crippen LogP contribution in [-0.4, -0.2) is 20.6 Å². The maximum absolute atomic E-state index is 12.5. The van der Waals surface area contributed by atoms with E-state index < -0.39 is 0 Å². The molecule has 3 heterocycles. The minimum absolute atomic E-state index is 0.120. The van der Waals surface area contributed by atoms with Crippen molar-refractivity contribution in [3.05, 3.63) is 82.3 Å². The first-order valence-corrected chi connectivity index (χ1v) is 10.3. The number of aryl methyl sites for hydroxylation is 2. The van der Waals surface area contributed by atoms with E-state index in [0.29, 0.717) is 10.1 Å². The van der Waals surface area contributed by atoms with Gasteiger partial charge in [-0.05, 0) is 79.6 Å². The Morgan fingerprint density at radius 1 is 1.21 bits per heavy atom. The van der Waals surface area contributed by atoms with E-state index >= 15 is 0 Å². The molecule has 0 atom stereocenters. The van der Waals surface area contributed by atoms with E-state index in [1.807, 2.05) is 43.5 Å². The molecular weight excluding hydrogens is 380 g/mol. The van der Waals surface area contributed by atoms with Crippen molar-refractivity contribution in [2.45, 2.75) is 27.2 Å². The highest BCUT2D eigenvalue weighted by Crippen LogP contribution is 2.30. The second kappa shape index (κ2) is 8.09. The van der Waals surface area contributed by atoms with Crippen molar-refractivity contribution >= 4 is 34.6 Å². The summed E-state index contributed by atoms with van der Waals surface area (Å²) in [6.07, 6.45) is 6.52. The molecule has 1 N–H and O–H groups in total. The van der Waals surface area contributed by atoms with Gasteiger partial charge in [0.25, 0.3) is 5.91 Å². The van der Waals surface area contributed by atoms with Crippen LogP contribution in [0.4, 0.5) is 5.69 Å². The molecule has 1 aliphatic rings. The van der Waals surface area contributed by atoms with Crippen LogP contribution in [-0.2, 0) is 11.2 Å². The summed E-state index contributed by atoms with van der Waals surface area (Å²) in [5.74, 6) is -0.120. The molecule has 4 rings (SSSR count). The molecule has 29 heavy (non-hydrogen) atoms. The van der Waals surface area contributed by atoms with Gasteiger partial charge in [-0.25, -0.2) is 4.99 Å².